The molecule has 0 spiro atoms. The van der Waals surface area contributed by atoms with Gasteiger partial charge in [-0.25, -0.2) is 4.79 Å². The van der Waals surface area contributed by atoms with Crippen molar-refractivity contribution in [3.63, 3.8) is 0 Å². The zero-order valence-electron chi connectivity index (χ0n) is 28.9. The lowest BCUT2D eigenvalue weighted by Gasteiger charge is -2.38. The number of ether oxygens (including phenoxy) is 3. The summed E-state index contributed by atoms with van der Waals surface area (Å²) in [6.07, 6.45) is 4.85. The van der Waals surface area contributed by atoms with Crippen LogP contribution < -0.4 is 0 Å². The second kappa shape index (κ2) is 16.0. The fourth-order valence-electron chi connectivity index (χ4n) is 6.94. The van der Waals surface area contributed by atoms with Crippen LogP contribution in [0.4, 0.5) is 0 Å². The number of esters is 1. The third-order valence-corrected chi connectivity index (χ3v) is 10.4. The Morgan fingerprint density at radius 3 is 1.69 bits per heavy atom. The van der Waals surface area contributed by atoms with Gasteiger partial charge in [0.2, 0.25) is 5.78 Å². The van der Waals surface area contributed by atoms with Gasteiger partial charge in [0.1, 0.15) is 11.9 Å². The highest BCUT2D eigenvalue weighted by Gasteiger charge is 2.62. The highest BCUT2D eigenvalue weighted by molar-refractivity contribution is 6.09. The van der Waals surface area contributed by atoms with Crippen LogP contribution in [0.25, 0.3) is 0 Å². The number of carbonyl (C=O) groups is 3. The summed E-state index contributed by atoms with van der Waals surface area (Å²) in [5, 5.41) is 9.10. The Hall–Kier alpha value is -4.85. The molecule has 2 saturated carbocycles. The topological polar surface area (TPSA) is 99.1 Å². The SMILES string of the molecule is C=CC(=O)OC1CC2CCC1(C)C2(C)C.COC(OC)(C(=O)c1ccccc1)c1ccccc1.O=C(c1ccccc1)c1ccc(O)cc1. The van der Waals surface area contributed by atoms with Crippen LogP contribution in [0.15, 0.2) is 128 Å². The zero-order chi connectivity index (χ0) is 35.7. The summed E-state index contributed by atoms with van der Waals surface area (Å²) < 4.78 is 16.3. The first-order chi connectivity index (χ1) is 23.4. The van der Waals surface area contributed by atoms with Crippen molar-refractivity contribution in [2.24, 2.45) is 16.7 Å². The third-order valence-electron chi connectivity index (χ3n) is 10.4. The lowest BCUT2D eigenvalue weighted by molar-refractivity contribution is -0.176. The van der Waals surface area contributed by atoms with Gasteiger partial charge in [0, 0.05) is 48.0 Å². The molecule has 6 rings (SSSR count). The molecule has 0 heterocycles. The molecule has 3 unspecified atom stereocenters. The second-order valence-corrected chi connectivity index (χ2v) is 13.1. The maximum absolute atomic E-state index is 12.7. The molecule has 3 atom stereocenters. The van der Waals surface area contributed by atoms with Crippen LogP contribution >= 0.6 is 0 Å². The minimum atomic E-state index is -1.40. The van der Waals surface area contributed by atoms with E-state index in [-0.39, 0.29) is 34.8 Å². The van der Waals surface area contributed by atoms with Crippen LogP contribution in [0.1, 0.15) is 71.9 Å². The molecule has 0 amide bonds. The van der Waals surface area contributed by atoms with Crippen molar-refractivity contribution in [3.05, 3.63) is 150 Å². The van der Waals surface area contributed by atoms with Gasteiger partial charge < -0.3 is 19.3 Å². The summed E-state index contributed by atoms with van der Waals surface area (Å²) >= 11 is 0. The molecule has 0 aromatic heterocycles. The highest BCUT2D eigenvalue weighted by atomic mass is 16.7. The molecule has 4 aromatic carbocycles. The molecule has 0 saturated heterocycles. The van der Waals surface area contributed by atoms with E-state index in [4.69, 9.17) is 19.3 Å². The average Bonchev–Trinajstić information content (AvgIpc) is 3.48. The molecule has 2 bridgehead atoms. The van der Waals surface area contributed by atoms with Gasteiger partial charge in [-0.15, -0.1) is 0 Å². The monoisotopic (exact) mass is 662 g/mol. The number of benzene rings is 4. The van der Waals surface area contributed by atoms with Crippen molar-refractivity contribution in [2.45, 2.75) is 51.9 Å². The van der Waals surface area contributed by atoms with Crippen LogP contribution in [0.3, 0.4) is 0 Å². The summed E-state index contributed by atoms with van der Waals surface area (Å²) in [6.45, 7) is 10.3. The zero-order valence-corrected chi connectivity index (χ0v) is 28.9. The van der Waals surface area contributed by atoms with Crippen LogP contribution in [-0.4, -0.2) is 43.0 Å². The van der Waals surface area contributed by atoms with E-state index in [0.29, 0.717) is 33.6 Å². The number of carbonyl (C=O) groups excluding carboxylic acids is 3. The molecule has 7 nitrogen and oxygen atoms in total. The van der Waals surface area contributed by atoms with E-state index in [1.54, 1.807) is 36.4 Å². The Morgan fingerprint density at radius 2 is 1.24 bits per heavy atom. The van der Waals surface area contributed by atoms with Gasteiger partial charge in [-0.3, -0.25) is 9.59 Å². The summed E-state index contributed by atoms with van der Waals surface area (Å²) in [5.74, 6) is -1.04. The maximum atomic E-state index is 12.7. The Balaban J connectivity index is 0.000000167. The molecule has 2 aliphatic rings. The molecule has 49 heavy (non-hydrogen) atoms. The van der Waals surface area contributed by atoms with E-state index in [9.17, 15) is 14.4 Å². The van der Waals surface area contributed by atoms with Gasteiger partial charge in [-0.2, -0.15) is 0 Å². The number of Topliss-reactive ketones (excluding diaryl/α,β-unsaturated/α-hetero) is 1. The van der Waals surface area contributed by atoms with Crippen molar-refractivity contribution in [1.29, 1.82) is 0 Å². The maximum Gasteiger partial charge on any atom is 0.330 e. The fraction of sp³-hybridized carbons (Fsp3) is 0.310. The Bertz CT molecular complexity index is 1690. The number of methoxy groups -OCH3 is 2. The molecule has 256 valence electrons. The number of hydrogen-bond donors (Lipinski definition) is 1. The van der Waals surface area contributed by atoms with Gasteiger partial charge in [-0.1, -0.05) is 118 Å². The molecule has 0 radical (unpaired) electrons. The van der Waals surface area contributed by atoms with Crippen molar-refractivity contribution < 1.29 is 33.7 Å². The average molecular weight is 663 g/mol. The number of phenols is 1. The summed E-state index contributed by atoms with van der Waals surface area (Å²) in [6, 6.07) is 33.5. The highest BCUT2D eigenvalue weighted by Crippen LogP contribution is 2.66. The molecular formula is C42H46O7. The minimum Gasteiger partial charge on any atom is -0.508 e. The molecule has 4 aromatic rings. The number of hydrogen-bond acceptors (Lipinski definition) is 7. The van der Waals surface area contributed by atoms with E-state index in [1.807, 2.05) is 66.7 Å². The number of rotatable bonds is 9. The van der Waals surface area contributed by atoms with Crippen molar-refractivity contribution in [3.8, 4) is 5.75 Å². The normalized spacial score (nSPS) is 20.1. The van der Waals surface area contributed by atoms with Gasteiger partial charge in [0.15, 0.2) is 5.78 Å². The number of fused-ring (bicyclic) bond motifs is 2. The lowest BCUT2D eigenvalue weighted by atomic mass is 9.70. The standard InChI is InChI=1S/C16H16O3.C13H20O2.C13H10O2/c1-18-16(19-2,14-11-7-4-8-12-14)15(17)13-9-5-3-6-10-13;1-5-11(14)15-10-8-9-6-7-13(10,4)12(9,2)3;14-12-8-6-11(7-9-12)13(15)10-4-2-1-3-5-10/h3-12H,1-2H3;5,9-10H,1,6-8H2,2-4H3;1-9,14H. The van der Waals surface area contributed by atoms with E-state index in [2.05, 4.69) is 27.4 Å². The molecule has 2 fully saturated rings. The Labute approximate surface area is 289 Å². The van der Waals surface area contributed by atoms with Crippen molar-refractivity contribution in [1.82, 2.24) is 0 Å². The first kappa shape index (κ1) is 37.0. The van der Waals surface area contributed by atoms with Crippen LogP contribution in [0, 0.1) is 16.7 Å². The van der Waals surface area contributed by atoms with Crippen molar-refractivity contribution in [2.75, 3.05) is 14.2 Å². The van der Waals surface area contributed by atoms with Gasteiger partial charge in [-0.05, 0) is 54.9 Å². The summed E-state index contributed by atoms with van der Waals surface area (Å²) in [4.78, 5) is 35.8. The Kier molecular flexibility index (Phi) is 12.1. The smallest absolute Gasteiger partial charge is 0.330 e. The van der Waals surface area contributed by atoms with E-state index < -0.39 is 5.79 Å². The molecule has 2 aliphatic carbocycles. The third kappa shape index (κ3) is 7.90. The lowest BCUT2D eigenvalue weighted by Crippen LogP contribution is -2.39. The summed E-state index contributed by atoms with van der Waals surface area (Å²) in [5.41, 5.74) is 2.93. The van der Waals surface area contributed by atoms with Crippen LogP contribution in [-0.2, 0) is 24.8 Å². The van der Waals surface area contributed by atoms with E-state index in [0.717, 1.165) is 6.42 Å². The Morgan fingerprint density at radius 1 is 0.755 bits per heavy atom. The quantitative estimate of drug-likeness (QED) is 0.0830. The summed E-state index contributed by atoms with van der Waals surface area (Å²) in [7, 11) is 2.94. The number of phenolic OH excluding ortho intramolecular Hbond substituents is 1. The second-order valence-electron chi connectivity index (χ2n) is 13.1. The minimum absolute atomic E-state index is 0.0319. The number of ketones is 2. The number of aromatic hydroxyl groups is 1. The largest absolute Gasteiger partial charge is 0.508 e. The predicted octanol–water partition coefficient (Wildman–Crippen LogP) is 8.57. The molecule has 7 heteroatoms. The van der Waals surface area contributed by atoms with Crippen LogP contribution in [0.5, 0.6) is 5.75 Å². The van der Waals surface area contributed by atoms with E-state index >= 15 is 0 Å². The molecular weight excluding hydrogens is 616 g/mol. The predicted molar refractivity (Wildman–Crippen MR) is 190 cm³/mol. The van der Waals surface area contributed by atoms with Gasteiger partial charge in [0.25, 0.3) is 5.79 Å². The van der Waals surface area contributed by atoms with Crippen molar-refractivity contribution >= 4 is 17.5 Å². The van der Waals surface area contributed by atoms with E-state index in [1.165, 1.54) is 45.3 Å². The van der Waals surface area contributed by atoms with Gasteiger partial charge in [0.05, 0.1) is 0 Å². The van der Waals surface area contributed by atoms with Crippen LogP contribution in [0.2, 0.25) is 0 Å². The first-order valence-corrected chi connectivity index (χ1v) is 16.4. The first-order valence-electron chi connectivity index (χ1n) is 16.4. The molecule has 1 N–H and O–H groups in total. The molecule has 0 aliphatic heterocycles. The fourth-order valence-corrected chi connectivity index (χ4v) is 6.94. The van der Waals surface area contributed by atoms with Gasteiger partial charge >= 0.3 is 5.97 Å².